The minimum Gasteiger partial charge on any atom is -0.480 e. The lowest BCUT2D eigenvalue weighted by Gasteiger charge is -2.29. The molecule has 0 aromatic heterocycles. The molecule has 20 heavy (non-hydrogen) atoms. The summed E-state index contributed by atoms with van der Waals surface area (Å²) in [6.07, 6.45) is 1.08. The molecule has 5 nitrogen and oxygen atoms in total. The van der Waals surface area contributed by atoms with E-state index >= 15 is 0 Å². The highest BCUT2D eigenvalue weighted by Gasteiger charge is 2.47. The van der Waals surface area contributed by atoms with E-state index in [9.17, 15) is 9.90 Å². The molecule has 1 fully saturated rings. The molecular weight excluding hydrogens is 278 g/mol. The number of ether oxygens (including phenoxy) is 2. The Kier molecular flexibility index (Phi) is 5.04. The number of carboxylic acids is 1. The maximum atomic E-state index is 11.5. The van der Waals surface area contributed by atoms with Crippen molar-refractivity contribution in [2.45, 2.75) is 24.4 Å². The number of benzene rings is 1. The van der Waals surface area contributed by atoms with E-state index in [1.165, 1.54) is 0 Å². The number of hydrogen-bond acceptors (Lipinski definition) is 5. The summed E-state index contributed by atoms with van der Waals surface area (Å²) in [4.78, 5) is 11.5. The van der Waals surface area contributed by atoms with Gasteiger partial charge in [0.2, 0.25) is 0 Å². The standard InChI is InChI=1S/C14H19NO4S/c1-20-8-7-14(15,13(16)17)11-9-18-12(19-11)10-5-3-2-4-6-10/h2-6,11-12H,7-9,15H2,1H3,(H,16,17). The van der Waals surface area contributed by atoms with Crippen LogP contribution in [0.3, 0.4) is 0 Å². The summed E-state index contributed by atoms with van der Waals surface area (Å²) in [5, 5.41) is 9.41. The van der Waals surface area contributed by atoms with Crippen LogP contribution in [-0.2, 0) is 14.3 Å². The van der Waals surface area contributed by atoms with Crippen LogP contribution < -0.4 is 5.73 Å². The fraction of sp³-hybridized carbons (Fsp3) is 0.500. The van der Waals surface area contributed by atoms with Crippen molar-refractivity contribution in [1.82, 2.24) is 0 Å². The Morgan fingerprint density at radius 1 is 1.50 bits per heavy atom. The molecule has 3 atom stereocenters. The number of carboxylic acid groups (broad SMARTS) is 1. The number of nitrogens with two attached hydrogens (primary N) is 1. The molecule has 1 aromatic rings. The topological polar surface area (TPSA) is 81.8 Å². The van der Waals surface area contributed by atoms with Gasteiger partial charge in [0.05, 0.1) is 6.61 Å². The van der Waals surface area contributed by atoms with Crippen LogP contribution in [0.1, 0.15) is 18.3 Å². The summed E-state index contributed by atoms with van der Waals surface area (Å²) in [7, 11) is 0. The van der Waals surface area contributed by atoms with Gasteiger partial charge in [-0.05, 0) is 18.4 Å². The van der Waals surface area contributed by atoms with Gasteiger partial charge in [0, 0.05) is 5.56 Å². The molecule has 0 saturated carbocycles. The first-order valence-corrected chi connectivity index (χ1v) is 7.80. The van der Waals surface area contributed by atoms with E-state index in [-0.39, 0.29) is 6.61 Å². The molecule has 2 rings (SSSR count). The van der Waals surface area contributed by atoms with Gasteiger partial charge in [-0.1, -0.05) is 30.3 Å². The summed E-state index contributed by atoms with van der Waals surface area (Å²) >= 11 is 1.56. The van der Waals surface area contributed by atoms with Crippen LogP contribution in [0, 0.1) is 0 Å². The molecule has 0 spiro atoms. The minimum absolute atomic E-state index is 0.191. The van der Waals surface area contributed by atoms with Crippen molar-refractivity contribution in [2.75, 3.05) is 18.6 Å². The highest BCUT2D eigenvalue weighted by Crippen LogP contribution is 2.32. The average Bonchev–Trinajstić information content (AvgIpc) is 2.95. The normalized spacial score (nSPS) is 25.3. The van der Waals surface area contributed by atoms with E-state index in [0.29, 0.717) is 12.2 Å². The Morgan fingerprint density at radius 3 is 2.80 bits per heavy atom. The first kappa shape index (κ1) is 15.3. The van der Waals surface area contributed by atoms with Crippen LogP contribution in [0.4, 0.5) is 0 Å². The number of thioether (sulfide) groups is 1. The average molecular weight is 297 g/mol. The van der Waals surface area contributed by atoms with Crippen molar-refractivity contribution in [2.24, 2.45) is 5.73 Å². The first-order chi connectivity index (χ1) is 9.58. The fourth-order valence-corrected chi connectivity index (χ4v) is 2.68. The molecule has 1 aromatic carbocycles. The molecule has 1 heterocycles. The van der Waals surface area contributed by atoms with Crippen molar-refractivity contribution < 1.29 is 19.4 Å². The van der Waals surface area contributed by atoms with Gasteiger partial charge in [-0.2, -0.15) is 11.8 Å². The van der Waals surface area contributed by atoms with Gasteiger partial charge in [-0.3, -0.25) is 4.79 Å². The third-order valence-corrected chi connectivity index (χ3v) is 4.06. The van der Waals surface area contributed by atoms with E-state index in [1.807, 2.05) is 36.6 Å². The van der Waals surface area contributed by atoms with Crippen LogP contribution >= 0.6 is 11.8 Å². The summed E-state index contributed by atoms with van der Waals surface area (Å²) in [5.41, 5.74) is 5.51. The Bertz CT molecular complexity index is 456. The van der Waals surface area contributed by atoms with Crippen molar-refractivity contribution in [3.8, 4) is 0 Å². The maximum Gasteiger partial charge on any atom is 0.326 e. The predicted octanol–water partition coefficient (Wildman–Crippen LogP) is 1.64. The molecule has 1 aliphatic rings. The lowest BCUT2D eigenvalue weighted by Crippen LogP contribution is -2.58. The Morgan fingerprint density at radius 2 is 2.20 bits per heavy atom. The van der Waals surface area contributed by atoms with Gasteiger partial charge in [-0.25, -0.2) is 0 Å². The second-order valence-electron chi connectivity index (χ2n) is 4.79. The molecule has 3 N–H and O–H groups in total. The second-order valence-corrected chi connectivity index (χ2v) is 5.77. The monoisotopic (exact) mass is 297 g/mol. The number of rotatable bonds is 6. The van der Waals surface area contributed by atoms with E-state index in [2.05, 4.69) is 0 Å². The van der Waals surface area contributed by atoms with Crippen LogP contribution in [0.25, 0.3) is 0 Å². The van der Waals surface area contributed by atoms with Gasteiger partial charge in [0.1, 0.15) is 11.6 Å². The summed E-state index contributed by atoms with van der Waals surface area (Å²) in [6, 6.07) is 9.44. The van der Waals surface area contributed by atoms with E-state index < -0.39 is 23.9 Å². The SMILES string of the molecule is CSCCC(N)(C(=O)O)C1COC(c2ccccc2)O1. The second kappa shape index (κ2) is 6.58. The Balaban J connectivity index is 2.08. The lowest BCUT2D eigenvalue weighted by molar-refractivity contribution is -0.150. The third-order valence-electron chi connectivity index (χ3n) is 3.45. The van der Waals surface area contributed by atoms with E-state index in [0.717, 1.165) is 5.56 Å². The van der Waals surface area contributed by atoms with Crippen LogP contribution in [0.5, 0.6) is 0 Å². The number of aliphatic carboxylic acids is 1. The molecule has 1 aliphatic heterocycles. The molecule has 0 amide bonds. The van der Waals surface area contributed by atoms with Gasteiger partial charge in [0.25, 0.3) is 0 Å². The third kappa shape index (κ3) is 3.15. The molecule has 0 aliphatic carbocycles. The van der Waals surface area contributed by atoms with Crippen LogP contribution in [-0.4, -0.2) is 41.3 Å². The smallest absolute Gasteiger partial charge is 0.326 e. The Hall–Kier alpha value is -1.08. The van der Waals surface area contributed by atoms with E-state index in [4.69, 9.17) is 15.2 Å². The van der Waals surface area contributed by atoms with Crippen molar-refractivity contribution in [3.63, 3.8) is 0 Å². The van der Waals surface area contributed by atoms with Crippen molar-refractivity contribution >= 4 is 17.7 Å². The largest absolute Gasteiger partial charge is 0.480 e. The lowest BCUT2D eigenvalue weighted by atomic mass is 9.91. The number of carbonyl (C=O) groups is 1. The quantitative estimate of drug-likeness (QED) is 0.830. The van der Waals surface area contributed by atoms with Crippen molar-refractivity contribution in [1.29, 1.82) is 0 Å². The van der Waals surface area contributed by atoms with Gasteiger partial charge in [-0.15, -0.1) is 0 Å². The molecule has 0 radical (unpaired) electrons. The zero-order chi connectivity index (χ0) is 14.6. The van der Waals surface area contributed by atoms with Gasteiger partial charge >= 0.3 is 5.97 Å². The zero-order valence-corrected chi connectivity index (χ0v) is 12.1. The fourth-order valence-electron chi connectivity index (χ4n) is 2.13. The maximum absolute atomic E-state index is 11.5. The molecule has 110 valence electrons. The summed E-state index contributed by atoms with van der Waals surface area (Å²) in [5.74, 6) is -0.382. The highest BCUT2D eigenvalue weighted by atomic mass is 32.2. The molecular formula is C14H19NO4S. The number of hydrogen-bond donors (Lipinski definition) is 2. The summed E-state index contributed by atoms with van der Waals surface area (Å²) in [6.45, 7) is 0.191. The van der Waals surface area contributed by atoms with Gasteiger partial charge < -0.3 is 20.3 Å². The molecule has 1 saturated heterocycles. The molecule has 0 bridgehead atoms. The van der Waals surface area contributed by atoms with Gasteiger partial charge in [0.15, 0.2) is 6.29 Å². The zero-order valence-electron chi connectivity index (χ0n) is 11.3. The van der Waals surface area contributed by atoms with Crippen LogP contribution in [0.2, 0.25) is 0 Å². The molecule has 3 unspecified atom stereocenters. The summed E-state index contributed by atoms with van der Waals surface area (Å²) < 4.78 is 11.3. The predicted molar refractivity (Wildman–Crippen MR) is 77.6 cm³/mol. The highest BCUT2D eigenvalue weighted by molar-refractivity contribution is 7.98. The first-order valence-electron chi connectivity index (χ1n) is 6.41. The molecule has 6 heteroatoms. The minimum atomic E-state index is -1.41. The van der Waals surface area contributed by atoms with Crippen molar-refractivity contribution in [3.05, 3.63) is 35.9 Å². The van der Waals surface area contributed by atoms with Crippen LogP contribution in [0.15, 0.2) is 30.3 Å². The van der Waals surface area contributed by atoms with E-state index in [1.54, 1.807) is 11.8 Å². The Labute approximate surface area is 122 Å².